The van der Waals surface area contributed by atoms with Gasteiger partial charge in [0.05, 0.1) is 6.61 Å². The second-order valence-corrected chi connectivity index (χ2v) is 9.19. The SMILES string of the molecule is CCCCCC1(C)CCCC(c2ccc(-c3ccc(OCC)c(F)c3F)cc2)CC1. The molecular weight excluding hydrogens is 378 g/mol. The van der Waals surface area contributed by atoms with E-state index in [9.17, 15) is 8.78 Å². The molecule has 1 aliphatic rings. The van der Waals surface area contributed by atoms with Crippen molar-refractivity contribution in [2.24, 2.45) is 5.41 Å². The summed E-state index contributed by atoms with van der Waals surface area (Å²) in [4.78, 5) is 0. The highest BCUT2D eigenvalue weighted by molar-refractivity contribution is 5.65. The highest BCUT2D eigenvalue weighted by Gasteiger charge is 2.28. The number of hydrogen-bond acceptors (Lipinski definition) is 1. The maximum atomic E-state index is 14.5. The van der Waals surface area contributed by atoms with Gasteiger partial charge in [0, 0.05) is 5.56 Å². The lowest BCUT2D eigenvalue weighted by atomic mass is 9.77. The highest BCUT2D eigenvalue weighted by atomic mass is 19.2. The quantitative estimate of drug-likeness (QED) is 0.310. The third-order valence-corrected chi connectivity index (χ3v) is 6.85. The molecule has 0 bridgehead atoms. The van der Waals surface area contributed by atoms with Crippen LogP contribution in [-0.2, 0) is 0 Å². The Kier molecular flexibility index (Phi) is 7.91. The van der Waals surface area contributed by atoms with Crippen LogP contribution in [0.3, 0.4) is 0 Å². The molecule has 1 fully saturated rings. The predicted octanol–water partition coefficient (Wildman–Crippen LogP) is 8.66. The monoisotopic (exact) mass is 414 g/mol. The van der Waals surface area contributed by atoms with E-state index >= 15 is 0 Å². The second kappa shape index (κ2) is 10.4. The van der Waals surface area contributed by atoms with Crippen LogP contribution in [0.1, 0.15) is 90.0 Å². The maximum absolute atomic E-state index is 14.5. The average Bonchev–Trinajstić information content (AvgIpc) is 2.94. The number of unbranched alkanes of at least 4 members (excludes halogenated alkanes) is 2. The molecule has 164 valence electrons. The molecule has 0 spiro atoms. The number of halogens is 2. The Labute approximate surface area is 180 Å². The Bertz CT molecular complexity index is 814. The van der Waals surface area contributed by atoms with Crippen molar-refractivity contribution in [3.8, 4) is 16.9 Å². The van der Waals surface area contributed by atoms with Gasteiger partial charge < -0.3 is 4.74 Å². The topological polar surface area (TPSA) is 9.23 Å². The minimum Gasteiger partial charge on any atom is -0.491 e. The molecule has 1 aliphatic carbocycles. The molecule has 0 radical (unpaired) electrons. The van der Waals surface area contributed by atoms with Gasteiger partial charge in [0.2, 0.25) is 5.82 Å². The summed E-state index contributed by atoms with van der Waals surface area (Å²) < 4.78 is 33.9. The van der Waals surface area contributed by atoms with Gasteiger partial charge in [-0.2, -0.15) is 4.39 Å². The van der Waals surface area contributed by atoms with E-state index in [0.717, 1.165) is 0 Å². The summed E-state index contributed by atoms with van der Waals surface area (Å²) in [6, 6.07) is 11.2. The maximum Gasteiger partial charge on any atom is 0.201 e. The molecule has 0 amide bonds. The van der Waals surface area contributed by atoms with E-state index in [1.807, 2.05) is 12.1 Å². The van der Waals surface area contributed by atoms with Crippen molar-refractivity contribution in [2.45, 2.75) is 84.5 Å². The van der Waals surface area contributed by atoms with Crippen LogP contribution in [0.2, 0.25) is 0 Å². The molecule has 1 nitrogen and oxygen atoms in total. The Morgan fingerprint density at radius 3 is 2.40 bits per heavy atom. The summed E-state index contributed by atoms with van der Waals surface area (Å²) in [7, 11) is 0. The Morgan fingerprint density at radius 1 is 0.933 bits per heavy atom. The fourth-order valence-electron chi connectivity index (χ4n) is 4.91. The Balaban J connectivity index is 1.70. The predicted molar refractivity (Wildman–Crippen MR) is 121 cm³/mol. The van der Waals surface area contributed by atoms with Gasteiger partial charge in [-0.25, -0.2) is 4.39 Å². The summed E-state index contributed by atoms with van der Waals surface area (Å²) in [5.41, 5.74) is 2.79. The minimum atomic E-state index is -0.912. The van der Waals surface area contributed by atoms with Crippen molar-refractivity contribution in [1.82, 2.24) is 0 Å². The van der Waals surface area contributed by atoms with Crippen LogP contribution in [0.4, 0.5) is 8.78 Å². The third-order valence-electron chi connectivity index (χ3n) is 6.85. The van der Waals surface area contributed by atoms with E-state index in [-0.39, 0.29) is 11.3 Å². The van der Waals surface area contributed by atoms with Crippen molar-refractivity contribution in [3.63, 3.8) is 0 Å². The first-order chi connectivity index (χ1) is 14.5. The molecular formula is C27H36F2O. The third kappa shape index (κ3) is 5.42. The summed E-state index contributed by atoms with van der Waals surface area (Å²) in [5.74, 6) is -1.22. The molecule has 0 aliphatic heterocycles. The molecule has 30 heavy (non-hydrogen) atoms. The lowest BCUT2D eigenvalue weighted by molar-refractivity contribution is 0.244. The van der Waals surface area contributed by atoms with Gasteiger partial charge in [-0.05, 0) is 73.6 Å². The summed E-state index contributed by atoms with van der Waals surface area (Å²) in [6.45, 7) is 6.80. The largest absolute Gasteiger partial charge is 0.491 e. The number of rotatable bonds is 8. The lowest BCUT2D eigenvalue weighted by Crippen LogP contribution is -2.15. The zero-order valence-corrected chi connectivity index (χ0v) is 18.8. The molecule has 2 aromatic carbocycles. The van der Waals surface area contributed by atoms with Crippen LogP contribution in [0.5, 0.6) is 5.75 Å². The number of hydrogen-bond donors (Lipinski definition) is 0. The van der Waals surface area contributed by atoms with Gasteiger partial charge in [0.1, 0.15) is 0 Å². The van der Waals surface area contributed by atoms with Crippen LogP contribution >= 0.6 is 0 Å². The van der Waals surface area contributed by atoms with E-state index in [1.165, 1.54) is 69.4 Å². The van der Waals surface area contributed by atoms with E-state index < -0.39 is 11.6 Å². The van der Waals surface area contributed by atoms with Gasteiger partial charge >= 0.3 is 0 Å². The molecule has 2 atom stereocenters. The molecule has 0 heterocycles. The van der Waals surface area contributed by atoms with Crippen molar-refractivity contribution < 1.29 is 13.5 Å². The van der Waals surface area contributed by atoms with Gasteiger partial charge in [0.15, 0.2) is 11.6 Å². The van der Waals surface area contributed by atoms with Crippen LogP contribution in [-0.4, -0.2) is 6.61 Å². The fraction of sp³-hybridized carbons (Fsp3) is 0.556. The molecule has 3 heteroatoms. The van der Waals surface area contributed by atoms with Crippen LogP contribution in [0, 0.1) is 17.0 Å². The van der Waals surface area contributed by atoms with Crippen molar-refractivity contribution in [1.29, 1.82) is 0 Å². The molecule has 0 aromatic heterocycles. The Morgan fingerprint density at radius 2 is 1.70 bits per heavy atom. The smallest absolute Gasteiger partial charge is 0.201 e. The van der Waals surface area contributed by atoms with Gasteiger partial charge in [-0.15, -0.1) is 0 Å². The first kappa shape index (κ1) is 22.8. The van der Waals surface area contributed by atoms with Gasteiger partial charge in [-0.3, -0.25) is 0 Å². The normalized spacial score (nSPS) is 22.0. The minimum absolute atomic E-state index is 0.0317. The van der Waals surface area contributed by atoms with Crippen LogP contribution in [0.15, 0.2) is 36.4 Å². The number of ether oxygens (including phenoxy) is 1. The van der Waals surface area contributed by atoms with E-state index in [0.29, 0.717) is 23.5 Å². The fourth-order valence-corrected chi connectivity index (χ4v) is 4.91. The first-order valence-electron chi connectivity index (χ1n) is 11.7. The van der Waals surface area contributed by atoms with E-state index in [2.05, 4.69) is 26.0 Å². The first-order valence-corrected chi connectivity index (χ1v) is 11.7. The highest BCUT2D eigenvalue weighted by Crippen LogP contribution is 2.44. The van der Waals surface area contributed by atoms with Gasteiger partial charge in [0.25, 0.3) is 0 Å². The number of benzene rings is 2. The van der Waals surface area contributed by atoms with E-state index in [4.69, 9.17) is 4.74 Å². The zero-order valence-electron chi connectivity index (χ0n) is 18.8. The standard InChI is InChI=1S/C27H36F2O/c1-4-6-7-17-27(3)18-8-9-20(16-19-27)21-10-12-22(13-11-21)23-14-15-24(30-5-2)26(29)25(23)28/h10-15,20H,4-9,16-19H2,1-3H3. The Hall–Kier alpha value is -1.90. The van der Waals surface area contributed by atoms with Gasteiger partial charge in [-0.1, -0.05) is 63.8 Å². The zero-order chi connectivity index (χ0) is 21.6. The van der Waals surface area contributed by atoms with Crippen molar-refractivity contribution >= 4 is 0 Å². The molecule has 3 rings (SSSR count). The second-order valence-electron chi connectivity index (χ2n) is 9.19. The molecule has 1 saturated carbocycles. The molecule has 0 N–H and O–H groups in total. The van der Waals surface area contributed by atoms with Crippen LogP contribution in [0.25, 0.3) is 11.1 Å². The molecule has 0 saturated heterocycles. The summed E-state index contributed by atoms with van der Waals surface area (Å²) >= 11 is 0. The molecule has 2 unspecified atom stereocenters. The van der Waals surface area contributed by atoms with E-state index in [1.54, 1.807) is 13.0 Å². The van der Waals surface area contributed by atoms with Crippen LogP contribution < -0.4 is 4.74 Å². The summed E-state index contributed by atoms with van der Waals surface area (Å²) in [5, 5.41) is 0. The van der Waals surface area contributed by atoms with Crippen molar-refractivity contribution in [2.75, 3.05) is 6.61 Å². The summed E-state index contributed by atoms with van der Waals surface area (Å²) in [6.07, 6.45) is 11.6. The molecule has 2 aromatic rings. The van der Waals surface area contributed by atoms with Crippen molar-refractivity contribution in [3.05, 3.63) is 53.6 Å². The lowest BCUT2D eigenvalue weighted by Gasteiger charge is -2.28. The average molecular weight is 415 g/mol.